The fourth-order valence-corrected chi connectivity index (χ4v) is 5.32. The number of rotatable bonds is 4. The van der Waals surface area contributed by atoms with Gasteiger partial charge in [-0.1, -0.05) is 30.3 Å². The van der Waals surface area contributed by atoms with Crippen molar-refractivity contribution in [2.24, 2.45) is 0 Å². The summed E-state index contributed by atoms with van der Waals surface area (Å²) >= 11 is 1.17. The lowest BCUT2D eigenvalue weighted by Crippen LogP contribution is -2.42. The van der Waals surface area contributed by atoms with E-state index >= 15 is 0 Å². The van der Waals surface area contributed by atoms with Gasteiger partial charge in [-0.2, -0.15) is 8.68 Å². The van der Waals surface area contributed by atoms with Crippen molar-refractivity contribution in [2.75, 3.05) is 20.2 Å². The maximum absolute atomic E-state index is 12.9. The smallest absolute Gasteiger partial charge is 0.246 e. The van der Waals surface area contributed by atoms with Crippen LogP contribution in [-0.4, -0.2) is 43.4 Å². The van der Waals surface area contributed by atoms with Gasteiger partial charge in [-0.25, -0.2) is 8.42 Å². The third-order valence-electron chi connectivity index (χ3n) is 3.88. The highest BCUT2D eigenvalue weighted by molar-refractivity contribution is 7.89. The Balaban J connectivity index is 1.95. The second-order valence-electron chi connectivity index (χ2n) is 5.26. The minimum absolute atomic E-state index is 0.0321. The van der Waals surface area contributed by atoms with Crippen molar-refractivity contribution >= 4 is 21.6 Å². The molecule has 1 aliphatic rings. The average Bonchev–Trinajstić information content (AvgIpc) is 3.06. The van der Waals surface area contributed by atoms with E-state index in [4.69, 9.17) is 4.74 Å². The van der Waals surface area contributed by atoms with Crippen molar-refractivity contribution < 1.29 is 13.2 Å². The monoisotopic (exact) mass is 338 g/mol. The molecule has 7 heteroatoms. The Kier molecular flexibility index (Phi) is 4.58. The van der Waals surface area contributed by atoms with Crippen LogP contribution in [0.5, 0.6) is 0 Å². The van der Waals surface area contributed by atoms with Crippen molar-refractivity contribution in [3.63, 3.8) is 0 Å². The zero-order chi connectivity index (χ0) is 15.6. The number of benzene rings is 1. The van der Waals surface area contributed by atoms with Crippen molar-refractivity contribution in [1.29, 1.82) is 0 Å². The van der Waals surface area contributed by atoms with Crippen LogP contribution in [0, 0.1) is 0 Å². The average molecular weight is 338 g/mol. The SMILES string of the molecule is CO[C@@H]1CCCN(S(=O)(=O)c2csnc2-c2ccccc2)C1. The summed E-state index contributed by atoms with van der Waals surface area (Å²) < 4.78 is 37.0. The number of sulfonamides is 1. The summed E-state index contributed by atoms with van der Waals surface area (Å²) in [4.78, 5) is 0.292. The predicted octanol–water partition coefficient (Wildman–Crippen LogP) is 2.61. The second kappa shape index (κ2) is 6.45. The Morgan fingerprint density at radius 3 is 2.82 bits per heavy atom. The third-order valence-corrected chi connectivity index (χ3v) is 6.53. The van der Waals surface area contributed by atoms with Gasteiger partial charge in [-0.3, -0.25) is 0 Å². The van der Waals surface area contributed by atoms with Crippen molar-refractivity contribution in [3.05, 3.63) is 35.7 Å². The number of ether oxygens (including phenoxy) is 1. The molecule has 0 N–H and O–H groups in total. The Morgan fingerprint density at radius 2 is 2.09 bits per heavy atom. The van der Waals surface area contributed by atoms with E-state index in [0.717, 1.165) is 18.4 Å². The molecule has 5 nitrogen and oxygen atoms in total. The topological polar surface area (TPSA) is 59.5 Å². The van der Waals surface area contributed by atoms with E-state index in [2.05, 4.69) is 4.37 Å². The molecule has 0 unspecified atom stereocenters. The molecule has 2 heterocycles. The fraction of sp³-hybridized carbons (Fsp3) is 0.400. The number of hydrogen-bond donors (Lipinski definition) is 0. The first kappa shape index (κ1) is 15.6. The molecule has 1 aliphatic heterocycles. The number of hydrogen-bond acceptors (Lipinski definition) is 5. The lowest BCUT2D eigenvalue weighted by Gasteiger charge is -2.30. The highest BCUT2D eigenvalue weighted by Gasteiger charge is 2.33. The number of piperidine rings is 1. The van der Waals surface area contributed by atoms with Gasteiger partial charge in [0.25, 0.3) is 0 Å². The van der Waals surface area contributed by atoms with Crippen LogP contribution in [0.1, 0.15) is 12.8 Å². The first-order chi connectivity index (χ1) is 10.6. The van der Waals surface area contributed by atoms with Crippen LogP contribution in [0.3, 0.4) is 0 Å². The maximum Gasteiger partial charge on any atom is 0.246 e. The van der Waals surface area contributed by atoms with Gasteiger partial charge in [-0.05, 0) is 24.4 Å². The summed E-state index contributed by atoms with van der Waals surface area (Å²) in [5.74, 6) is 0. The summed E-state index contributed by atoms with van der Waals surface area (Å²) in [5, 5.41) is 1.62. The molecule has 0 amide bonds. The van der Waals surface area contributed by atoms with E-state index in [9.17, 15) is 8.42 Å². The minimum Gasteiger partial charge on any atom is -0.380 e. The second-order valence-corrected chi connectivity index (χ2v) is 7.79. The van der Waals surface area contributed by atoms with E-state index in [0.29, 0.717) is 23.7 Å². The van der Waals surface area contributed by atoms with Gasteiger partial charge in [0.15, 0.2) is 0 Å². The molecule has 0 bridgehead atoms. The Labute approximate surface area is 134 Å². The summed E-state index contributed by atoms with van der Waals surface area (Å²) in [6.45, 7) is 0.940. The quantitative estimate of drug-likeness (QED) is 0.860. The van der Waals surface area contributed by atoms with E-state index in [1.165, 1.54) is 15.8 Å². The Hall–Kier alpha value is -1.28. The van der Waals surface area contributed by atoms with Gasteiger partial charge in [0.1, 0.15) is 10.6 Å². The van der Waals surface area contributed by atoms with Gasteiger partial charge < -0.3 is 4.74 Å². The first-order valence-electron chi connectivity index (χ1n) is 7.15. The van der Waals surface area contributed by atoms with Crippen LogP contribution in [0.2, 0.25) is 0 Å². The highest BCUT2D eigenvalue weighted by atomic mass is 32.2. The molecule has 0 aliphatic carbocycles. The van der Waals surface area contributed by atoms with Crippen LogP contribution in [0.4, 0.5) is 0 Å². The number of methoxy groups -OCH3 is 1. The van der Waals surface area contributed by atoms with E-state index < -0.39 is 10.0 Å². The molecule has 1 fully saturated rings. The molecule has 22 heavy (non-hydrogen) atoms. The zero-order valence-electron chi connectivity index (χ0n) is 12.3. The largest absolute Gasteiger partial charge is 0.380 e. The van der Waals surface area contributed by atoms with Gasteiger partial charge >= 0.3 is 0 Å². The molecule has 1 aromatic heterocycles. The van der Waals surface area contributed by atoms with Gasteiger partial charge in [0.05, 0.1) is 6.10 Å². The van der Waals surface area contributed by atoms with Crippen LogP contribution >= 0.6 is 11.5 Å². The summed E-state index contributed by atoms with van der Waals surface area (Å²) in [5.41, 5.74) is 1.35. The molecule has 0 spiro atoms. The van der Waals surface area contributed by atoms with Crippen LogP contribution < -0.4 is 0 Å². The molecule has 0 radical (unpaired) electrons. The van der Waals surface area contributed by atoms with Crippen LogP contribution in [0.25, 0.3) is 11.3 Å². The molecular formula is C15H18N2O3S2. The van der Waals surface area contributed by atoms with E-state index in [1.54, 1.807) is 12.5 Å². The van der Waals surface area contributed by atoms with E-state index in [1.807, 2.05) is 30.3 Å². The van der Waals surface area contributed by atoms with Crippen molar-refractivity contribution in [1.82, 2.24) is 8.68 Å². The van der Waals surface area contributed by atoms with E-state index in [-0.39, 0.29) is 6.10 Å². The lowest BCUT2D eigenvalue weighted by atomic mass is 10.1. The van der Waals surface area contributed by atoms with Crippen LogP contribution in [-0.2, 0) is 14.8 Å². The molecule has 1 atom stereocenters. The first-order valence-corrected chi connectivity index (χ1v) is 9.43. The lowest BCUT2D eigenvalue weighted by molar-refractivity contribution is 0.0572. The molecule has 1 saturated heterocycles. The number of nitrogens with zero attached hydrogens (tertiary/aromatic N) is 2. The fourth-order valence-electron chi connectivity index (χ4n) is 2.66. The third kappa shape index (κ3) is 2.94. The van der Waals surface area contributed by atoms with Gasteiger partial charge in [0, 0.05) is 31.1 Å². The number of aromatic nitrogens is 1. The molecule has 0 saturated carbocycles. The van der Waals surface area contributed by atoms with Gasteiger partial charge in [-0.15, -0.1) is 0 Å². The summed E-state index contributed by atoms with van der Waals surface area (Å²) in [7, 11) is -1.91. The maximum atomic E-state index is 12.9. The van der Waals surface area contributed by atoms with Crippen molar-refractivity contribution in [2.45, 2.75) is 23.8 Å². The molecular weight excluding hydrogens is 320 g/mol. The summed E-state index contributed by atoms with van der Waals surface area (Å²) in [6, 6.07) is 9.42. The highest BCUT2D eigenvalue weighted by Crippen LogP contribution is 2.31. The van der Waals surface area contributed by atoms with Crippen molar-refractivity contribution in [3.8, 4) is 11.3 Å². The standard InChI is InChI=1S/C15H18N2O3S2/c1-20-13-8-5-9-17(10-13)22(18,19)14-11-21-16-15(14)12-6-3-2-4-7-12/h2-4,6-7,11,13H,5,8-10H2,1H3/t13-/m1/s1. The predicted molar refractivity (Wildman–Crippen MR) is 86.3 cm³/mol. The Bertz CT molecular complexity index is 728. The molecule has 2 aromatic rings. The Morgan fingerprint density at radius 1 is 1.32 bits per heavy atom. The normalized spacial score (nSPS) is 20.1. The summed E-state index contributed by atoms with van der Waals surface area (Å²) in [6.07, 6.45) is 1.68. The molecule has 118 valence electrons. The zero-order valence-corrected chi connectivity index (χ0v) is 13.9. The minimum atomic E-state index is -3.54. The molecule has 1 aromatic carbocycles. The van der Waals surface area contributed by atoms with Gasteiger partial charge in [0.2, 0.25) is 10.0 Å². The molecule has 3 rings (SSSR count). The van der Waals surface area contributed by atoms with Crippen LogP contribution in [0.15, 0.2) is 40.6 Å².